The normalized spacial score (nSPS) is 13.6. The number of aromatic nitrogens is 1. The van der Waals surface area contributed by atoms with Gasteiger partial charge >= 0.3 is 24.3 Å². The smallest absolute Gasteiger partial charge is 0.420 e. The number of quaternary nitrogens is 1. The first kappa shape index (κ1) is 31.7. The second kappa shape index (κ2) is 12.4. The van der Waals surface area contributed by atoms with Crippen LogP contribution in [0.25, 0.3) is 10.9 Å². The van der Waals surface area contributed by atoms with Crippen LogP contribution in [0.4, 0.5) is 32.0 Å². The molecule has 0 aliphatic rings. The molecule has 0 saturated carbocycles. The summed E-state index contributed by atoms with van der Waals surface area (Å²) in [6.45, 7) is 4.39. The van der Waals surface area contributed by atoms with Crippen LogP contribution < -0.4 is 9.55 Å². The van der Waals surface area contributed by atoms with Crippen LogP contribution in [0.5, 0.6) is 11.5 Å². The zero-order chi connectivity index (χ0) is 30.6. The zero-order valence-corrected chi connectivity index (χ0v) is 22.7. The Labute approximate surface area is 231 Å². The van der Waals surface area contributed by atoms with E-state index in [4.69, 9.17) is 14.6 Å². The second-order valence-corrected chi connectivity index (χ2v) is 9.17. The van der Waals surface area contributed by atoms with Crippen molar-refractivity contribution in [2.75, 3.05) is 6.54 Å². The number of aromatic amines is 1. The van der Waals surface area contributed by atoms with Crippen molar-refractivity contribution in [1.82, 2.24) is 9.79 Å². The molecule has 14 heteroatoms. The number of benzene rings is 2. The van der Waals surface area contributed by atoms with Crippen molar-refractivity contribution < 1.29 is 55.4 Å². The number of ether oxygens (including phenoxy) is 1. The third-order valence-corrected chi connectivity index (χ3v) is 6.05. The van der Waals surface area contributed by atoms with Crippen molar-refractivity contribution in [3.05, 3.63) is 53.2 Å². The molecule has 0 radical (unpaired) electrons. The highest BCUT2D eigenvalue weighted by atomic mass is 19.4. The van der Waals surface area contributed by atoms with Gasteiger partial charge in [-0.1, -0.05) is 19.8 Å². The molecule has 1 atom stereocenters. The number of halogens is 6. The summed E-state index contributed by atoms with van der Waals surface area (Å²) >= 11 is 0. The molecule has 1 heterocycles. The maximum atomic E-state index is 14.3. The molecule has 0 bridgehead atoms. The standard InChI is InChI=1S/C27H29F6N2O6/c1-5-7-8-9-18-15-34-24-11-10-20(14-21(18)24)38-25-22(26(28,29)30)12-19(13-23(25)27(31,32)33)35(6-2,39-16(3)36)41-40-17(4)37/h10-15,34H,5-9H2,1-4H3/q+1. The lowest BCUT2D eigenvalue weighted by atomic mass is 10.0. The van der Waals surface area contributed by atoms with Gasteiger partial charge in [-0.3, -0.25) is 0 Å². The zero-order valence-electron chi connectivity index (χ0n) is 22.7. The van der Waals surface area contributed by atoms with E-state index in [9.17, 15) is 35.9 Å². The van der Waals surface area contributed by atoms with Gasteiger partial charge in [-0.2, -0.15) is 26.3 Å². The van der Waals surface area contributed by atoms with Gasteiger partial charge in [-0.15, -0.1) is 0 Å². The number of H-pyrrole nitrogens is 1. The van der Waals surface area contributed by atoms with Gasteiger partial charge in [0.15, 0.2) is 12.3 Å². The fourth-order valence-electron chi connectivity index (χ4n) is 4.18. The number of aryl methyl sites for hydroxylation is 1. The number of nitrogens with one attached hydrogen (secondary N) is 1. The SMILES string of the molecule is CCCCCc1c[nH]c2ccc(Oc3c(C(F)(F)F)cc([N+](CC)(OOC(C)=O)OC(C)=O)cc3C(F)(F)F)cc12. The maximum Gasteiger partial charge on any atom is 0.420 e. The van der Waals surface area contributed by atoms with E-state index in [1.165, 1.54) is 25.1 Å². The fraction of sp³-hybridized carbons (Fsp3) is 0.407. The van der Waals surface area contributed by atoms with E-state index in [1.54, 1.807) is 6.20 Å². The van der Waals surface area contributed by atoms with E-state index in [0.29, 0.717) is 17.3 Å². The largest absolute Gasteiger partial charge is 0.456 e. The van der Waals surface area contributed by atoms with Crippen molar-refractivity contribution >= 4 is 28.5 Å². The van der Waals surface area contributed by atoms with Gasteiger partial charge in [-0.25, -0.2) is 19.3 Å². The minimum absolute atomic E-state index is 0.259. The summed E-state index contributed by atoms with van der Waals surface area (Å²) in [7, 11) is 0. The van der Waals surface area contributed by atoms with Crippen LogP contribution in [0.15, 0.2) is 36.5 Å². The van der Waals surface area contributed by atoms with Crippen LogP contribution >= 0.6 is 0 Å². The minimum Gasteiger partial charge on any atom is -0.456 e. The van der Waals surface area contributed by atoms with Crippen molar-refractivity contribution in [1.29, 1.82) is 0 Å². The molecule has 3 rings (SSSR count). The predicted molar refractivity (Wildman–Crippen MR) is 135 cm³/mol. The van der Waals surface area contributed by atoms with E-state index >= 15 is 0 Å². The molecule has 0 amide bonds. The third kappa shape index (κ3) is 7.50. The first-order valence-electron chi connectivity index (χ1n) is 12.7. The number of hydroxylamine groups is 2. The lowest BCUT2D eigenvalue weighted by molar-refractivity contribution is -0.471. The van der Waals surface area contributed by atoms with E-state index < -0.39 is 58.2 Å². The first-order chi connectivity index (χ1) is 19.1. The van der Waals surface area contributed by atoms with E-state index in [0.717, 1.165) is 38.7 Å². The molecule has 41 heavy (non-hydrogen) atoms. The molecule has 1 aromatic heterocycles. The molecular weight excluding hydrogens is 562 g/mol. The average molecular weight is 592 g/mol. The summed E-state index contributed by atoms with van der Waals surface area (Å²) in [5.41, 5.74) is -3.10. The van der Waals surface area contributed by atoms with Gasteiger partial charge in [0.2, 0.25) is 5.69 Å². The molecule has 0 fully saturated rings. The molecule has 0 aliphatic carbocycles. The molecule has 3 aromatic rings. The topological polar surface area (TPSA) is 86.8 Å². The van der Waals surface area contributed by atoms with Gasteiger partial charge in [0.05, 0.1) is 9.80 Å². The Morgan fingerprint density at radius 2 is 1.54 bits per heavy atom. The summed E-state index contributed by atoms with van der Waals surface area (Å²) in [5.74, 6) is -4.02. The Bertz CT molecular complexity index is 1370. The molecule has 0 aliphatic heterocycles. The molecule has 0 saturated heterocycles. The van der Waals surface area contributed by atoms with Crippen molar-refractivity contribution in [3.8, 4) is 11.5 Å². The highest BCUT2D eigenvalue weighted by Gasteiger charge is 2.49. The van der Waals surface area contributed by atoms with Crippen molar-refractivity contribution in [2.45, 2.75) is 65.7 Å². The second-order valence-electron chi connectivity index (χ2n) is 9.17. The quantitative estimate of drug-likeness (QED) is 0.0801. The Hall–Kier alpha value is -3.78. The summed E-state index contributed by atoms with van der Waals surface area (Å²) in [6, 6.07) is 4.68. The van der Waals surface area contributed by atoms with Crippen LogP contribution in [0.3, 0.4) is 0 Å². The van der Waals surface area contributed by atoms with Gasteiger partial charge in [0, 0.05) is 43.1 Å². The van der Waals surface area contributed by atoms with Gasteiger partial charge in [-0.05, 0) is 43.5 Å². The number of carbonyl (C=O) groups excluding carboxylic acids is 2. The number of hydrogen-bond acceptors (Lipinski definition) is 6. The fourth-order valence-corrected chi connectivity index (χ4v) is 4.18. The molecule has 2 aromatic carbocycles. The highest BCUT2D eigenvalue weighted by Crippen LogP contribution is 2.49. The van der Waals surface area contributed by atoms with E-state index in [-0.39, 0.29) is 17.9 Å². The molecule has 0 spiro atoms. The summed E-state index contributed by atoms with van der Waals surface area (Å²) < 4.78 is 91.2. The highest BCUT2D eigenvalue weighted by molar-refractivity contribution is 5.84. The average Bonchev–Trinajstić information content (AvgIpc) is 3.27. The third-order valence-electron chi connectivity index (χ3n) is 6.05. The Balaban J connectivity index is 2.22. The molecular formula is C27H29F6N2O6+. The van der Waals surface area contributed by atoms with Gasteiger partial charge in [0.25, 0.3) is 0 Å². The Morgan fingerprint density at radius 3 is 2.05 bits per heavy atom. The molecule has 8 nitrogen and oxygen atoms in total. The van der Waals surface area contributed by atoms with Crippen LogP contribution in [-0.2, 0) is 43.1 Å². The Morgan fingerprint density at radius 1 is 0.902 bits per heavy atom. The lowest BCUT2D eigenvalue weighted by Gasteiger charge is -2.28. The molecule has 1 unspecified atom stereocenters. The molecule has 1 N–H and O–H groups in total. The number of alkyl halides is 6. The van der Waals surface area contributed by atoms with Crippen molar-refractivity contribution in [3.63, 3.8) is 0 Å². The van der Waals surface area contributed by atoms with Crippen LogP contribution in [0.2, 0.25) is 0 Å². The number of nitrogens with zero attached hydrogens (tertiary/aromatic N) is 1. The number of rotatable bonds is 11. The number of unbranched alkanes of at least 4 members (excludes halogenated alkanes) is 2. The lowest BCUT2D eigenvalue weighted by Crippen LogP contribution is -2.50. The minimum atomic E-state index is -5.37. The van der Waals surface area contributed by atoms with Crippen LogP contribution in [0, 0.1) is 0 Å². The summed E-state index contributed by atoms with van der Waals surface area (Å²) in [5, 5.41) is 0.601. The first-order valence-corrected chi connectivity index (χ1v) is 12.7. The monoisotopic (exact) mass is 591 g/mol. The Kier molecular flexibility index (Phi) is 9.59. The van der Waals surface area contributed by atoms with E-state index in [1.807, 2.05) is 6.92 Å². The van der Waals surface area contributed by atoms with Crippen LogP contribution in [-0.4, -0.2) is 23.5 Å². The van der Waals surface area contributed by atoms with Crippen molar-refractivity contribution in [2.24, 2.45) is 0 Å². The summed E-state index contributed by atoms with van der Waals surface area (Å²) in [4.78, 5) is 38.5. The van der Waals surface area contributed by atoms with Crippen LogP contribution in [0.1, 0.15) is 63.6 Å². The van der Waals surface area contributed by atoms with E-state index in [2.05, 4.69) is 9.87 Å². The molecule has 224 valence electrons. The number of hydrogen-bond donors (Lipinski definition) is 1. The number of fused-ring (bicyclic) bond motifs is 1. The number of carbonyl (C=O) groups is 2. The predicted octanol–water partition coefficient (Wildman–Crippen LogP) is 7.95. The van der Waals surface area contributed by atoms with Gasteiger partial charge in [0.1, 0.15) is 16.9 Å². The van der Waals surface area contributed by atoms with Gasteiger partial charge < -0.3 is 9.72 Å². The maximum absolute atomic E-state index is 14.3. The summed E-state index contributed by atoms with van der Waals surface area (Å²) in [6.07, 6.45) is -5.57.